The monoisotopic (exact) mass is 514 g/mol. The second kappa shape index (κ2) is 9.43. The molecule has 0 saturated carbocycles. The Morgan fingerprint density at radius 1 is 1.28 bits per heavy atom. The molecule has 0 aliphatic carbocycles. The topological polar surface area (TPSA) is 53.6 Å². The number of nitrogens with two attached hydrogens (primary N) is 1. The van der Waals surface area contributed by atoms with Crippen molar-refractivity contribution < 1.29 is 0 Å². The molecule has 1 aliphatic heterocycles. The van der Waals surface area contributed by atoms with E-state index < -0.39 is 0 Å². The van der Waals surface area contributed by atoms with Crippen LogP contribution in [-0.4, -0.2) is 25.6 Å². The van der Waals surface area contributed by atoms with Crippen molar-refractivity contribution in [2.24, 2.45) is 16.6 Å². The SMILES string of the molecule is Cc1cccc(NC(N)=NCC2CCN(c3ccc(Br)cc3)C2)c1.I. The van der Waals surface area contributed by atoms with E-state index in [4.69, 9.17) is 5.73 Å². The maximum absolute atomic E-state index is 6.02. The third-order valence-corrected chi connectivity index (χ3v) is 4.82. The maximum atomic E-state index is 6.02. The second-order valence-corrected chi connectivity index (χ2v) is 7.21. The van der Waals surface area contributed by atoms with Crippen molar-refractivity contribution in [1.82, 2.24) is 0 Å². The van der Waals surface area contributed by atoms with Gasteiger partial charge in [-0.25, -0.2) is 0 Å². The van der Waals surface area contributed by atoms with E-state index in [0.717, 1.165) is 36.2 Å². The Kier molecular flexibility index (Phi) is 7.56. The van der Waals surface area contributed by atoms with Crippen LogP contribution < -0.4 is 16.0 Å². The molecule has 2 aromatic carbocycles. The van der Waals surface area contributed by atoms with Gasteiger partial charge in [0.25, 0.3) is 0 Å². The van der Waals surface area contributed by atoms with Gasteiger partial charge in [0.1, 0.15) is 0 Å². The van der Waals surface area contributed by atoms with Crippen LogP contribution in [0.3, 0.4) is 0 Å². The van der Waals surface area contributed by atoms with Crippen LogP contribution in [0.1, 0.15) is 12.0 Å². The highest BCUT2D eigenvalue weighted by Crippen LogP contribution is 2.25. The minimum Gasteiger partial charge on any atom is -0.371 e. The van der Waals surface area contributed by atoms with Gasteiger partial charge in [0.05, 0.1) is 0 Å². The fourth-order valence-corrected chi connectivity index (χ4v) is 3.27. The molecular weight excluding hydrogens is 491 g/mol. The third-order valence-electron chi connectivity index (χ3n) is 4.29. The molecule has 1 atom stereocenters. The Morgan fingerprint density at radius 2 is 2.04 bits per heavy atom. The summed E-state index contributed by atoms with van der Waals surface area (Å²) in [5, 5.41) is 3.16. The number of rotatable bonds is 4. The van der Waals surface area contributed by atoms with Gasteiger partial charge in [-0.3, -0.25) is 4.99 Å². The predicted molar refractivity (Wildman–Crippen MR) is 121 cm³/mol. The molecule has 6 heteroatoms. The number of hydrogen-bond acceptors (Lipinski definition) is 2. The zero-order chi connectivity index (χ0) is 16.9. The van der Waals surface area contributed by atoms with Gasteiger partial charge in [-0.2, -0.15) is 0 Å². The van der Waals surface area contributed by atoms with Crippen molar-refractivity contribution in [3.05, 3.63) is 58.6 Å². The number of anilines is 2. The van der Waals surface area contributed by atoms with E-state index in [1.54, 1.807) is 0 Å². The van der Waals surface area contributed by atoms with Crippen LogP contribution in [0.4, 0.5) is 11.4 Å². The first-order chi connectivity index (χ1) is 11.6. The smallest absolute Gasteiger partial charge is 0.193 e. The van der Waals surface area contributed by atoms with E-state index in [1.807, 2.05) is 12.1 Å². The molecule has 0 bridgehead atoms. The first-order valence-electron chi connectivity index (χ1n) is 8.24. The summed E-state index contributed by atoms with van der Waals surface area (Å²) in [6.07, 6.45) is 1.15. The van der Waals surface area contributed by atoms with Gasteiger partial charge in [-0.15, -0.1) is 24.0 Å². The molecule has 1 fully saturated rings. The number of halogens is 2. The number of aryl methyl sites for hydroxylation is 1. The normalized spacial score (nSPS) is 17.3. The van der Waals surface area contributed by atoms with Gasteiger partial charge in [0, 0.05) is 35.5 Å². The van der Waals surface area contributed by atoms with E-state index in [0.29, 0.717) is 11.9 Å². The lowest BCUT2D eigenvalue weighted by molar-refractivity contribution is 0.603. The standard InChI is InChI=1S/C19H23BrN4.HI/c1-14-3-2-4-17(11-14)23-19(21)22-12-15-9-10-24(13-15)18-7-5-16(20)6-8-18;/h2-8,11,15H,9-10,12-13H2,1H3,(H3,21,22,23);1H. The highest BCUT2D eigenvalue weighted by molar-refractivity contribution is 14.0. The minimum atomic E-state index is 0. The summed E-state index contributed by atoms with van der Waals surface area (Å²) in [6.45, 7) is 4.93. The van der Waals surface area contributed by atoms with Gasteiger partial charge in [0.15, 0.2) is 5.96 Å². The van der Waals surface area contributed by atoms with E-state index >= 15 is 0 Å². The lowest BCUT2D eigenvalue weighted by atomic mass is 10.1. The summed E-state index contributed by atoms with van der Waals surface area (Å²) in [6, 6.07) is 16.6. The number of benzene rings is 2. The zero-order valence-electron chi connectivity index (χ0n) is 14.3. The van der Waals surface area contributed by atoms with Gasteiger partial charge in [0.2, 0.25) is 0 Å². The molecule has 3 N–H and O–H groups in total. The molecule has 0 aromatic heterocycles. The van der Waals surface area contributed by atoms with Crippen molar-refractivity contribution in [3.63, 3.8) is 0 Å². The molecule has 25 heavy (non-hydrogen) atoms. The minimum absolute atomic E-state index is 0. The molecule has 134 valence electrons. The molecule has 1 heterocycles. The number of hydrogen-bond donors (Lipinski definition) is 2. The highest BCUT2D eigenvalue weighted by atomic mass is 127. The van der Waals surface area contributed by atoms with Gasteiger partial charge < -0.3 is 16.0 Å². The molecule has 0 radical (unpaired) electrons. The van der Waals surface area contributed by atoms with Crippen molar-refractivity contribution >= 4 is 57.2 Å². The number of aliphatic imine (C=N–C) groups is 1. The molecule has 0 spiro atoms. The van der Waals surface area contributed by atoms with Crippen LogP contribution in [0.2, 0.25) is 0 Å². The van der Waals surface area contributed by atoms with Gasteiger partial charge in [-0.05, 0) is 61.2 Å². The Balaban J connectivity index is 0.00000225. The van der Waals surface area contributed by atoms with Crippen molar-refractivity contribution in [3.8, 4) is 0 Å². The van der Waals surface area contributed by atoms with Crippen molar-refractivity contribution in [2.45, 2.75) is 13.3 Å². The molecule has 2 aromatic rings. The fraction of sp³-hybridized carbons (Fsp3) is 0.316. The molecular formula is C19H24BrIN4. The van der Waals surface area contributed by atoms with E-state index in [9.17, 15) is 0 Å². The van der Waals surface area contributed by atoms with Gasteiger partial charge >= 0.3 is 0 Å². The van der Waals surface area contributed by atoms with E-state index in [1.165, 1.54) is 11.3 Å². The summed E-state index contributed by atoms with van der Waals surface area (Å²) in [7, 11) is 0. The quantitative estimate of drug-likeness (QED) is 0.355. The first kappa shape index (κ1) is 20.0. The third kappa shape index (κ3) is 5.88. The van der Waals surface area contributed by atoms with Crippen molar-refractivity contribution in [1.29, 1.82) is 0 Å². The molecule has 1 unspecified atom stereocenters. The first-order valence-corrected chi connectivity index (χ1v) is 9.03. The van der Waals surface area contributed by atoms with Crippen LogP contribution in [0.5, 0.6) is 0 Å². The Labute approximate surface area is 175 Å². The van der Waals surface area contributed by atoms with E-state index in [2.05, 4.69) is 74.5 Å². The Morgan fingerprint density at radius 3 is 2.76 bits per heavy atom. The van der Waals surface area contributed by atoms with Crippen LogP contribution in [0.15, 0.2) is 58.0 Å². The number of nitrogens with zero attached hydrogens (tertiary/aromatic N) is 2. The number of nitrogens with one attached hydrogen (secondary N) is 1. The summed E-state index contributed by atoms with van der Waals surface area (Å²) in [5.74, 6) is 1.04. The fourth-order valence-electron chi connectivity index (χ4n) is 3.01. The molecule has 1 saturated heterocycles. The van der Waals surface area contributed by atoms with Crippen LogP contribution in [-0.2, 0) is 0 Å². The second-order valence-electron chi connectivity index (χ2n) is 6.30. The summed E-state index contributed by atoms with van der Waals surface area (Å²) in [4.78, 5) is 6.94. The molecule has 4 nitrogen and oxygen atoms in total. The maximum Gasteiger partial charge on any atom is 0.193 e. The Hall–Kier alpha value is -1.28. The van der Waals surface area contributed by atoms with E-state index in [-0.39, 0.29) is 24.0 Å². The van der Waals surface area contributed by atoms with Gasteiger partial charge in [-0.1, -0.05) is 28.1 Å². The average molecular weight is 515 g/mol. The summed E-state index contributed by atoms with van der Waals surface area (Å²) in [5.41, 5.74) is 9.48. The zero-order valence-corrected chi connectivity index (χ0v) is 18.2. The lowest BCUT2D eigenvalue weighted by Crippen LogP contribution is -2.25. The summed E-state index contributed by atoms with van der Waals surface area (Å²) >= 11 is 3.48. The van der Waals surface area contributed by atoms with Crippen LogP contribution >= 0.6 is 39.9 Å². The average Bonchev–Trinajstić information content (AvgIpc) is 3.03. The molecule has 1 aliphatic rings. The van der Waals surface area contributed by atoms with Crippen LogP contribution in [0.25, 0.3) is 0 Å². The molecule has 0 amide bonds. The molecule has 3 rings (SSSR count). The predicted octanol–water partition coefficient (Wildman–Crippen LogP) is 4.63. The highest BCUT2D eigenvalue weighted by Gasteiger charge is 2.22. The summed E-state index contributed by atoms with van der Waals surface area (Å²) < 4.78 is 1.11. The Bertz CT molecular complexity index is 718. The van der Waals surface area contributed by atoms with Crippen molar-refractivity contribution in [2.75, 3.05) is 29.9 Å². The van der Waals surface area contributed by atoms with Crippen LogP contribution in [0, 0.1) is 12.8 Å². The largest absolute Gasteiger partial charge is 0.371 e. The number of guanidine groups is 1. The lowest BCUT2D eigenvalue weighted by Gasteiger charge is -2.18.